The van der Waals surface area contributed by atoms with Gasteiger partial charge in [-0.2, -0.15) is 0 Å². The Hall–Kier alpha value is -3.48. The molecule has 0 aliphatic heterocycles. The maximum Gasteiger partial charge on any atom is 0.311 e. The zero-order valence-corrected chi connectivity index (χ0v) is 19.0. The van der Waals surface area contributed by atoms with E-state index in [0.29, 0.717) is 19.3 Å². The van der Waals surface area contributed by atoms with Gasteiger partial charge in [-0.15, -0.1) is 5.10 Å². The number of amides is 1. The number of nitrogens with one attached hydrogen (secondary N) is 1. The van der Waals surface area contributed by atoms with E-state index in [9.17, 15) is 9.59 Å². The van der Waals surface area contributed by atoms with E-state index in [1.807, 2.05) is 32.0 Å². The number of aryl methyl sites for hydroxylation is 1. The van der Waals surface area contributed by atoms with Crippen LogP contribution in [0.25, 0.3) is 11.1 Å². The third-order valence-corrected chi connectivity index (χ3v) is 5.87. The molecule has 0 unspecified atom stereocenters. The van der Waals surface area contributed by atoms with Crippen LogP contribution < -0.4 is 5.32 Å². The maximum absolute atomic E-state index is 12.8. The predicted octanol–water partition coefficient (Wildman–Crippen LogP) is 3.80. The molecule has 0 saturated heterocycles. The molecule has 1 heterocycles. The first kappa shape index (κ1) is 23.2. The summed E-state index contributed by atoms with van der Waals surface area (Å²) in [6.07, 6.45) is 3.20. The van der Waals surface area contributed by atoms with Crippen LogP contribution in [0.5, 0.6) is 0 Å². The lowest BCUT2D eigenvalue weighted by Gasteiger charge is -2.30. The van der Waals surface area contributed by atoms with Gasteiger partial charge in [0.05, 0.1) is 18.7 Å². The number of nitrogens with zero attached hydrogens (tertiary/aromatic N) is 3. The Morgan fingerprint density at radius 3 is 2.31 bits per heavy atom. The zero-order chi connectivity index (χ0) is 23.1. The van der Waals surface area contributed by atoms with E-state index in [-0.39, 0.29) is 23.6 Å². The van der Waals surface area contributed by atoms with Crippen LogP contribution in [-0.2, 0) is 23.0 Å². The molecular weight excluding hydrogens is 404 g/mol. The van der Waals surface area contributed by atoms with Gasteiger partial charge in [-0.05, 0) is 42.9 Å². The summed E-state index contributed by atoms with van der Waals surface area (Å²) < 4.78 is 6.52. The lowest BCUT2D eigenvalue weighted by atomic mass is 9.79. The fourth-order valence-electron chi connectivity index (χ4n) is 3.80. The molecule has 2 atom stereocenters. The SMILES string of the molecule is CC[C@](C)(C[C@@H](Cc1ccc(-c2ccccc2)cc1)NC(=O)c1cn(C)nn1)C(=O)OC. The first-order valence-electron chi connectivity index (χ1n) is 10.7. The number of hydrogen-bond donors (Lipinski definition) is 1. The van der Waals surface area contributed by atoms with Gasteiger partial charge in [0.1, 0.15) is 0 Å². The molecule has 3 aromatic rings. The summed E-state index contributed by atoms with van der Waals surface area (Å²) in [4.78, 5) is 25.2. The Bertz CT molecular complexity index is 1050. The van der Waals surface area contributed by atoms with Crippen molar-refractivity contribution in [3.05, 3.63) is 72.1 Å². The Balaban J connectivity index is 1.81. The van der Waals surface area contributed by atoms with Gasteiger partial charge in [-0.25, -0.2) is 0 Å². The van der Waals surface area contributed by atoms with Crippen molar-refractivity contribution in [2.24, 2.45) is 12.5 Å². The van der Waals surface area contributed by atoms with Crippen molar-refractivity contribution in [3.8, 4) is 11.1 Å². The number of carbonyl (C=O) groups is 2. The van der Waals surface area contributed by atoms with E-state index in [1.54, 1.807) is 13.2 Å². The van der Waals surface area contributed by atoms with Gasteiger partial charge >= 0.3 is 5.97 Å². The molecule has 1 N–H and O–H groups in total. The third kappa shape index (κ3) is 5.60. The summed E-state index contributed by atoms with van der Waals surface area (Å²) in [5, 5.41) is 10.8. The monoisotopic (exact) mass is 434 g/mol. The van der Waals surface area contributed by atoms with Crippen LogP contribution in [-0.4, -0.2) is 40.0 Å². The minimum Gasteiger partial charge on any atom is -0.469 e. The van der Waals surface area contributed by atoms with E-state index in [1.165, 1.54) is 11.8 Å². The number of benzene rings is 2. The van der Waals surface area contributed by atoms with Gasteiger partial charge < -0.3 is 10.1 Å². The average molecular weight is 435 g/mol. The molecule has 2 aromatic carbocycles. The Labute approximate surface area is 188 Å². The Kier molecular flexibility index (Phi) is 7.41. The normalized spacial score (nSPS) is 13.8. The van der Waals surface area contributed by atoms with E-state index in [2.05, 4.69) is 52.0 Å². The highest BCUT2D eigenvalue weighted by Gasteiger charge is 2.36. The Morgan fingerprint density at radius 1 is 1.09 bits per heavy atom. The molecule has 0 bridgehead atoms. The van der Waals surface area contributed by atoms with Crippen LogP contribution >= 0.6 is 0 Å². The molecular formula is C25H30N4O3. The fraction of sp³-hybridized carbons (Fsp3) is 0.360. The quantitative estimate of drug-likeness (QED) is 0.518. The van der Waals surface area contributed by atoms with E-state index >= 15 is 0 Å². The second kappa shape index (κ2) is 10.2. The molecule has 7 nitrogen and oxygen atoms in total. The highest BCUT2D eigenvalue weighted by atomic mass is 16.5. The first-order chi connectivity index (χ1) is 15.3. The molecule has 7 heteroatoms. The third-order valence-electron chi connectivity index (χ3n) is 5.87. The average Bonchev–Trinajstić information content (AvgIpc) is 3.26. The van der Waals surface area contributed by atoms with Crippen LogP contribution in [0.4, 0.5) is 0 Å². The molecule has 0 saturated carbocycles. The molecule has 0 fully saturated rings. The first-order valence-corrected chi connectivity index (χ1v) is 10.7. The molecule has 3 rings (SSSR count). The summed E-state index contributed by atoms with van der Waals surface area (Å²) in [5.74, 6) is -0.592. The minimum absolute atomic E-state index is 0.244. The van der Waals surface area contributed by atoms with Crippen molar-refractivity contribution in [3.63, 3.8) is 0 Å². The number of carbonyl (C=O) groups excluding carboxylic acids is 2. The van der Waals surface area contributed by atoms with Crippen LogP contribution in [0.3, 0.4) is 0 Å². The molecule has 1 amide bonds. The summed E-state index contributed by atoms with van der Waals surface area (Å²) in [5.41, 5.74) is 2.88. The van der Waals surface area contributed by atoms with Crippen LogP contribution in [0.2, 0.25) is 0 Å². The molecule has 0 aliphatic rings. The molecule has 32 heavy (non-hydrogen) atoms. The van der Waals surface area contributed by atoms with Crippen LogP contribution in [0.1, 0.15) is 42.7 Å². The summed E-state index contributed by atoms with van der Waals surface area (Å²) >= 11 is 0. The summed E-state index contributed by atoms with van der Waals surface area (Å²) in [7, 11) is 3.10. The molecule has 0 aliphatic carbocycles. The highest BCUT2D eigenvalue weighted by molar-refractivity contribution is 5.92. The molecule has 168 valence electrons. The second-order valence-corrected chi connectivity index (χ2v) is 8.32. The lowest BCUT2D eigenvalue weighted by molar-refractivity contribution is -0.152. The molecule has 0 radical (unpaired) electrons. The fourth-order valence-corrected chi connectivity index (χ4v) is 3.80. The smallest absolute Gasteiger partial charge is 0.311 e. The number of methoxy groups -OCH3 is 1. The van der Waals surface area contributed by atoms with Gasteiger partial charge in [0, 0.05) is 13.1 Å². The van der Waals surface area contributed by atoms with Crippen LogP contribution in [0.15, 0.2) is 60.8 Å². The number of esters is 1. The van der Waals surface area contributed by atoms with Crippen molar-refractivity contribution in [2.45, 2.75) is 39.2 Å². The zero-order valence-electron chi connectivity index (χ0n) is 19.0. The molecule has 0 spiro atoms. The lowest BCUT2D eigenvalue weighted by Crippen LogP contribution is -2.43. The number of aromatic nitrogens is 3. The van der Waals surface area contributed by atoms with Gasteiger partial charge in [0.15, 0.2) is 5.69 Å². The standard InChI is InChI=1S/C25H30N4O3/c1-5-25(2,24(31)32-4)16-21(26-23(30)22-17-29(3)28-27-22)15-18-11-13-20(14-12-18)19-9-7-6-8-10-19/h6-14,17,21H,5,15-16H2,1-4H3,(H,26,30)/t21-,25-/m1/s1. The van der Waals surface area contributed by atoms with Crippen molar-refractivity contribution in [2.75, 3.05) is 7.11 Å². The Morgan fingerprint density at radius 2 is 1.75 bits per heavy atom. The van der Waals surface area contributed by atoms with E-state index in [4.69, 9.17) is 4.74 Å². The van der Waals surface area contributed by atoms with Gasteiger partial charge in [0.25, 0.3) is 5.91 Å². The highest BCUT2D eigenvalue weighted by Crippen LogP contribution is 2.30. The topological polar surface area (TPSA) is 86.1 Å². The minimum atomic E-state index is -0.709. The van der Waals surface area contributed by atoms with Gasteiger partial charge in [-0.3, -0.25) is 14.3 Å². The van der Waals surface area contributed by atoms with E-state index < -0.39 is 5.41 Å². The van der Waals surface area contributed by atoms with Crippen molar-refractivity contribution in [1.82, 2.24) is 20.3 Å². The predicted molar refractivity (Wildman–Crippen MR) is 123 cm³/mol. The van der Waals surface area contributed by atoms with E-state index in [0.717, 1.165) is 16.7 Å². The van der Waals surface area contributed by atoms with Gasteiger partial charge in [0.2, 0.25) is 0 Å². The largest absolute Gasteiger partial charge is 0.469 e. The summed E-state index contributed by atoms with van der Waals surface area (Å²) in [6.45, 7) is 3.83. The maximum atomic E-state index is 12.8. The number of hydrogen-bond acceptors (Lipinski definition) is 5. The van der Waals surface area contributed by atoms with Crippen molar-refractivity contribution in [1.29, 1.82) is 0 Å². The summed E-state index contributed by atoms with van der Waals surface area (Å²) in [6, 6.07) is 18.2. The number of rotatable bonds is 9. The van der Waals surface area contributed by atoms with Gasteiger partial charge in [-0.1, -0.05) is 66.7 Å². The van der Waals surface area contributed by atoms with Crippen molar-refractivity contribution < 1.29 is 14.3 Å². The number of ether oxygens (including phenoxy) is 1. The van der Waals surface area contributed by atoms with Crippen molar-refractivity contribution >= 4 is 11.9 Å². The second-order valence-electron chi connectivity index (χ2n) is 8.32. The van der Waals surface area contributed by atoms with Crippen LogP contribution in [0, 0.1) is 5.41 Å². The molecule has 1 aromatic heterocycles.